The number of piperidine rings is 2. The second kappa shape index (κ2) is 8.49. The molecular formula is C23H27F2N3O. The van der Waals surface area contributed by atoms with Crippen LogP contribution in [0.25, 0.3) is 0 Å². The number of fused-ring (bicyclic) bond motifs is 2. The number of anilines is 1. The van der Waals surface area contributed by atoms with E-state index in [9.17, 15) is 13.6 Å². The summed E-state index contributed by atoms with van der Waals surface area (Å²) < 4.78 is 26.8. The maximum absolute atomic E-state index is 13.8. The van der Waals surface area contributed by atoms with E-state index in [0.717, 1.165) is 44.4 Å². The van der Waals surface area contributed by atoms with Crippen LogP contribution in [0, 0.1) is 18.6 Å². The van der Waals surface area contributed by atoms with Gasteiger partial charge in [0.05, 0.1) is 5.69 Å². The summed E-state index contributed by atoms with van der Waals surface area (Å²) in [6.07, 6.45) is 5.27. The first-order valence-corrected chi connectivity index (χ1v) is 10.3. The molecule has 6 heteroatoms. The van der Waals surface area contributed by atoms with E-state index in [4.69, 9.17) is 0 Å². The number of hydrogen-bond acceptors (Lipinski definition) is 2. The minimum atomic E-state index is -0.773. The van der Waals surface area contributed by atoms with Gasteiger partial charge in [-0.15, -0.1) is 0 Å². The van der Waals surface area contributed by atoms with Crippen molar-refractivity contribution in [1.82, 2.24) is 10.2 Å². The Morgan fingerprint density at radius 1 is 1.07 bits per heavy atom. The summed E-state index contributed by atoms with van der Waals surface area (Å²) in [5.41, 5.74) is 2.57. The van der Waals surface area contributed by atoms with Gasteiger partial charge in [0, 0.05) is 30.7 Å². The molecule has 154 valence electrons. The molecule has 2 aromatic rings. The highest BCUT2D eigenvalue weighted by molar-refractivity contribution is 5.89. The van der Waals surface area contributed by atoms with E-state index in [1.165, 1.54) is 23.6 Å². The van der Waals surface area contributed by atoms with Crippen molar-refractivity contribution >= 4 is 11.7 Å². The van der Waals surface area contributed by atoms with Gasteiger partial charge in [-0.25, -0.2) is 13.6 Å². The van der Waals surface area contributed by atoms with Gasteiger partial charge in [-0.2, -0.15) is 0 Å². The monoisotopic (exact) mass is 399 g/mol. The first kappa shape index (κ1) is 19.8. The molecule has 2 saturated heterocycles. The minimum Gasteiger partial charge on any atom is -0.335 e. The van der Waals surface area contributed by atoms with E-state index in [2.05, 4.69) is 46.7 Å². The Hall–Kier alpha value is -2.47. The van der Waals surface area contributed by atoms with Crippen molar-refractivity contribution in [2.75, 3.05) is 5.32 Å². The third-order valence-corrected chi connectivity index (χ3v) is 6.13. The van der Waals surface area contributed by atoms with Crippen LogP contribution in [0.4, 0.5) is 19.3 Å². The number of rotatable bonds is 4. The fourth-order valence-corrected chi connectivity index (χ4v) is 4.69. The molecule has 2 fully saturated rings. The second-order valence-electron chi connectivity index (χ2n) is 8.29. The molecule has 0 radical (unpaired) electrons. The highest BCUT2D eigenvalue weighted by atomic mass is 19.1. The maximum atomic E-state index is 13.8. The van der Waals surface area contributed by atoms with E-state index in [1.54, 1.807) is 0 Å². The molecule has 0 saturated carbocycles. The fourth-order valence-electron chi connectivity index (χ4n) is 4.69. The smallest absolute Gasteiger partial charge is 0.319 e. The molecule has 0 spiro atoms. The van der Waals surface area contributed by atoms with Gasteiger partial charge in [0.25, 0.3) is 0 Å². The minimum absolute atomic E-state index is 0.0131. The van der Waals surface area contributed by atoms with Gasteiger partial charge in [-0.1, -0.05) is 36.2 Å². The summed E-state index contributed by atoms with van der Waals surface area (Å²) in [4.78, 5) is 14.9. The summed E-state index contributed by atoms with van der Waals surface area (Å²) in [6.45, 7) is 3.04. The summed E-state index contributed by atoms with van der Waals surface area (Å²) in [7, 11) is 0. The molecule has 2 N–H and O–H groups in total. The van der Waals surface area contributed by atoms with Crippen molar-refractivity contribution in [3.05, 3.63) is 65.2 Å². The average Bonchev–Trinajstić information content (AvgIpc) is 2.66. The van der Waals surface area contributed by atoms with Crippen LogP contribution in [-0.2, 0) is 6.54 Å². The molecular weight excluding hydrogens is 372 g/mol. The normalized spacial score (nSPS) is 24.2. The fraction of sp³-hybridized carbons (Fsp3) is 0.435. The number of benzene rings is 2. The van der Waals surface area contributed by atoms with Gasteiger partial charge >= 0.3 is 6.03 Å². The van der Waals surface area contributed by atoms with Crippen LogP contribution in [0.2, 0.25) is 0 Å². The maximum Gasteiger partial charge on any atom is 0.319 e. The number of aryl methyl sites for hydroxylation is 1. The molecule has 4 nitrogen and oxygen atoms in total. The zero-order valence-electron chi connectivity index (χ0n) is 16.6. The van der Waals surface area contributed by atoms with Crippen LogP contribution in [0.5, 0.6) is 0 Å². The number of halogens is 2. The molecule has 2 amide bonds. The highest BCUT2D eigenvalue weighted by Gasteiger charge is 2.38. The number of carbonyl (C=O) groups excluding carboxylic acids is 1. The molecule has 2 heterocycles. The zero-order chi connectivity index (χ0) is 20.4. The van der Waals surface area contributed by atoms with Crippen molar-refractivity contribution in [3.63, 3.8) is 0 Å². The molecule has 2 aromatic carbocycles. The molecule has 2 aliphatic rings. The predicted molar refractivity (Wildman–Crippen MR) is 110 cm³/mol. The molecule has 2 bridgehead atoms. The molecule has 2 aliphatic heterocycles. The van der Waals surface area contributed by atoms with Crippen molar-refractivity contribution in [2.24, 2.45) is 0 Å². The lowest BCUT2D eigenvalue weighted by atomic mass is 9.81. The van der Waals surface area contributed by atoms with Crippen LogP contribution in [0.3, 0.4) is 0 Å². The van der Waals surface area contributed by atoms with E-state index in [1.807, 2.05) is 0 Å². The number of carbonyl (C=O) groups is 1. The van der Waals surface area contributed by atoms with Crippen LogP contribution in [0.15, 0.2) is 42.5 Å². The Morgan fingerprint density at radius 2 is 1.76 bits per heavy atom. The number of nitrogens with one attached hydrogen (secondary N) is 2. The van der Waals surface area contributed by atoms with Crippen LogP contribution >= 0.6 is 0 Å². The summed E-state index contributed by atoms with van der Waals surface area (Å²) in [5.74, 6) is -1.44. The molecule has 29 heavy (non-hydrogen) atoms. The predicted octanol–water partition coefficient (Wildman–Crippen LogP) is 4.98. The van der Waals surface area contributed by atoms with Crippen LogP contribution in [-0.4, -0.2) is 29.1 Å². The largest absolute Gasteiger partial charge is 0.335 e. The van der Waals surface area contributed by atoms with Gasteiger partial charge in [0.15, 0.2) is 0 Å². The van der Waals surface area contributed by atoms with Crippen molar-refractivity contribution in [3.8, 4) is 0 Å². The summed E-state index contributed by atoms with van der Waals surface area (Å²) in [6, 6.07) is 12.3. The topological polar surface area (TPSA) is 44.4 Å². The Labute approximate surface area is 170 Å². The standard InChI is InChI=1S/C23H27F2N3O/c1-15-5-7-16(8-6-15)14-28-19-3-2-4-20(28)13-18(12-19)26-23(29)27-22-10-9-17(24)11-21(22)25/h5-11,18-20H,2-4,12-14H2,1H3,(H2,26,27,29)/t19-,20-/m0/s1. The molecule has 0 aliphatic carbocycles. The lowest BCUT2D eigenvalue weighted by Gasteiger charge is -2.49. The Morgan fingerprint density at radius 3 is 2.41 bits per heavy atom. The Balaban J connectivity index is 1.36. The zero-order valence-corrected chi connectivity index (χ0v) is 16.6. The number of hydrogen-bond donors (Lipinski definition) is 2. The first-order valence-electron chi connectivity index (χ1n) is 10.3. The quantitative estimate of drug-likeness (QED) is 0.762. The van der Waals surface area contributed by atoms with Gasteiger partial charge < -0.3 is 10.6 Å². The molecule has 4 rings (SSSR count). The summed E-state index contributed by atoms with van der Waals surface area (Å²) >= 11 is 0. The molecule has 2 atom stereocenters. The third kappa shape index (κ3) is 4.75. The van der Waals surface area contributed by atoms with Gasteiger partial charge in [-0.3, -0.25) is 4.90 Å². The SMILES string of the molecule is Cc1ccc(CN2[C@H]3CCC[C@H]2CC(NC(=O)Nc2ccc(F)cc2F)C3)cc1. The summed E-state index contributed by atoms with van der Waals surface area (Å²) in [5, 5.41) is 5.49. The lowest BCUT2D eigenvalue weighted by molar-refractivity contribution is 0.0200. The van der Waals surface area contributed by atoms with Gasteiger partial charge in [-0.05, 0) is 50.3 Å². The van der Waals surface area contributed by atoms with Crippen molar-refractivity contribution < 1.29 is 13.6 Å². The third-order valence-electron chi connectivity index (χ3n) is 6.13. The number of nitrogens with zero attached hydrogens (tertiary/aromatic N) is 1. The average molecular weight is 399 g/mol. The van der Waals surface area contributed by atoms with Gasteiger partial charge in [0.1, 0.15) is 11.6 Å². The van der Waals surface area contributed by atoms with E-state index in [0.29, 0.717) is 12.1 Å². The van der Waals surface area contributed by atoms with E-state index in [-0.39, 0.29) is 11.7 Å². The van der Waals surface area contributed by atoms with E-state index >= 15 is 0 Å². The van der Waals surface area contributed by atoms with Crippen LogP contribution < -0.4 is 10.6 Å². The van der Waals surface area contributed by atoms with E-state index < -0.39 is 17.7 Å². The second-order valence-corrected chi connectivity index (χ2v) is 8.29. The number of amides is 2. The number of urea groups is 1. The van der Waals surface area contributed by atoms with Crippen molar-refractivity contribution in [2.45, 2.75) is 63.7 Å². The van der Waals surface area contributed by atoms with Crippen molar-refractivity contribution in [1.29, 1.82) is 0 Å². The molecule has 0 unspecified atom stereocenters. The first-order chi connectivity index (χ1) is 14.0. The van der Waals surface area contributed by atoms with Gasteiger partial charge in [0.2, 0.25) is 0 Å². The molecule has 0 aromatic heterocycles. The highest BCUT2D eigenvalue weighted by Crippen LogP contribution is 2.35. The Bertz CT molecular complexity index is 857. The Kier molecular flexibility index (Phi) is 5.81. The van der Waals surface area contributed by atoms with Crippen LogP contribution in [0.1, 0.15) is 43.2 Å². The lowest BCUT2D eigenvalue weighted by Crippen LogP contribution is -2.56.